The lowest BCUT2D eigenvalue weighted by Gasteiger charge is -2.03. The molecule has 2 heterocycles. The normalized spacial score (nSPS) is 11.0. The number of benzene rings is 1. The summed E-state index contributed by atoms with van der Waals surface area (Å²) in [5, 5.41) is 16.7. The van der Waals surface area contributed by atoms with Crippen molar-refractivity contribution in [3.05, 3.63) is 45.7 Å². The minimum atomic E-state index is -0.120. The molecule has 0 aliphatic rings. The molecule has 3 rings (SSSR count). The first kappa shape index (κ1) is 14.0. The summed E-state index contributed by atoms with van der Waals surface area (Å²) in [6.07, 6.45) is 0.660. The van der Waals surface area contributed by atoms with Crippen LogP contribution in [0, 0.1) is 6.92 Å². The van der Waals surface area contributed by atoms with Crippen LogP contribution in [0.4, 0.5) is 0 Å². The van der Waals surface area contributed by atoms with Crippen molar-refractivity contribution in [1.29, 1.82) is 0 Å². The molecule has 1 aromatic carbocycles. The monoisotopic (exact) mass is 321 g/mol. The van der Waals surface area contributed by atoms with Crippen molar-refractivity contribution in [1.82, 2.24) is 25.1 Å². The van der Waals surface area contributed by atoms with Crippen LogP contribution in [0.1, 0.15) is 21.2 Å². The van der Waals surface area contributed by atoms with Crippen molar-refractivity contribution in [2.45, 2.75) is 13.3 Å². The average molecular weight is 322 g/mol. The number of nitrogens with zero attached hydrogens (tertiary/aromatic N) is 4. The molecule has 0 saturated carbocycles. The second-order valence-electron chi connectivity index (χ2n) is 4.45. The van der Waals surface area contributed by atoms with Gasteiger partial charge in [0, 0.05) is 23.6 Å². The first-order chi connectivity index (χ1) is 10.1. The highest BCUT2D eigenvalue weighted by molar-refractivity contribution is 7.16. The third-order valence-corrected chi connectivity index (χ3v) is 4.13. The molecule has 0 atom stereocenters. The van der Waals surface area contributed by atoms with E-state index in [1.807, 2.05) is 6.92 Å². The summed E-state index contributed by atoms with van der Waals surface area (Å²) in [6, 6.07) is 6.79. The summed E-state index contributed by atoms with van der Waals surface area (Å²) >= 11 is 7.27. The summed E-state index contributed by atoms with van der Waals surface area (Å²) in [7, 11) is 0. The molecule has 6 nitrogen and oxygen atoms in total. The number of nitrogens with one attached hydrogen (secondary N) is 1. The highest BCUT2D eigenvalue weighted by Gasteiger charge is 2.09. The first-order valence-electron chi connectivity index (χ1n) is 6.35. The fraction of sp³-hybridized carbons (Fsp3) is 0.231. The lowest BCUT2D eigenvalue weighted by atomic mass is 10.2. The summed E-state index contributed by atoms with van der Waals surface area (Å²) in [5.74, 6) is 0.642. The first-order valence-corrected chi connectivity index (χ1v) is 7.54. The van der Waals surface area contributed by atoms with Crippen LogP contribution in [0.15, 0.2) is 24.3 Å². The third kappa shape index (κ3) is 3.03. The van der Waals surface area contributed by atoms with Gasteiger partial charge in [-0.2, -0.15) is 9.61 Å². The highest BCUT2D eigenvalue weighted by atomic mass is 35.5. The van der Waals surface area contributed by atoms with E-state index in [1.54, 1.807) is 28.8 Å². The molecule has 21 heavy (non-hydrogen) atoms. The van der Waals surface area contributed by atoms with Gasteiger partial charge in [0.15, 0.2) is 5.82 Å². The highest BCUT2D eigenvalue weighted by Crippen LogP contribution is 2.14. The van der Waals surface area contributed by atoms with Crippen LogP contribution >= 0.6 is 22.9 Å². The molecule has 0 unspecified atom stereocenters. The molecule has 108 valence electrons. The molecular weight excluding hydrogens is 310 g/mol. The topological polar surface area (TPSA) is 72.2 Å². The number of amides is 1. The predicted octanol–water partition coefficient (Wildman–Crippen LogP) is 2.12. The summed E-state index contributed by atoms with van der Waals surface area (Å²) < 4.78 is 1.71. The van der Waals surface area contributed by atoms with Crippen LogP contribution in [0.2, 0.25) is 5.02 Å². The minimum Gasteiger partial charge on any atom is -0.352 e. The van der Waals surface area contributed by atoms with E-state index in [9.17, 15) is 4.79 Å². The molecule has 2 aromatic heterocycles. The van der Waals surface area contributed by atoms with Gasteiger partial charge in [0.1, 0.15) is 5.01 Å². The van der Waals surface area contributed by atoms with Gasteiger partial charge < -0.3 is 5.32 Å². The van der Waals surface area contributed by atoms with E-state index >= 15 is 0 Å². The number of aryl methyl sites for hydroxylation is 1. The van der Waals surface area contributed by atoms with Crippen LogP contribution in [0.5, 0.6) is 0 Å². The standard InChI is InChI=1S/C13H12ClN5OS/c1-8-16-17-13-19(8)18-11(21-13)6-7-15-12(20)9-2-4-10(14)5-3-9/h2-5H,6-7H2,1H3,(H,15,20). The van der Waals surface area contributed by atoms with Crippen molar-refractivity contribution < 1.29 is 4.79 Å². The maximum Gasteiger partial charge on any atom is 0.251 e. The van der Waals surface area contributed by atoms with Gasteiger partial charge in [-0.15, -0.1) is 10.2 Å². The number of rotatable bonds is 4. The summed E-state index contributed by atoms with van der Waals surface area (Å²) in [5.41, 5.74) is 0.591. The van der Waals surface area contributed by atoms with E-state index in [2.05, 4.69) is 20.6 Å². The molecule has 0 saturated heterocycles. The Morgan fingerprint density at radius 3 is 2.81 bits per heavy atom. The zero-order chi connectivity index (χ0) is 14.8. The number of halogens is 1. The molecule has 1 amide bonds. The molecule has 1 N–H and O–H groups in total. The van der Waals surface area contributed by atoms with Gasteiger partial charge in [0.05, 0.1) is 0 Å². The zero-order valence-electron chi connectivity index (χ0n) is 11.2. The lowest BCUT2D eigenvalue weighted by molar-refractivity contribution is 0.0954. The maximum atomic E-state index is 11.9. The SMILES string of the molecule is Cc1nnc2sc(CCNC(=O)c3ccc(Cl)cc3)nn12. The Morgan fingerprint density at radius 1 is 1.33 bits per heavy atom. The molecule has 3 aromatic rings. The van der Waals surface area contributed by atoms with Gasteiger partial charge in [-0.1, -0.05) is 22.9 Å². The third-order valence-electron chi connectivity index (χ3n) is 2.92. The molecule has 0 bridgehead atoms. The van der Waals surface area contributed by atoms with Crippen molar-refractivity contribution in [3.8, 4) is 0 Å². The van der Waals surface area contributed by atoms with Crippen LogP contribution < -0.4 is 5.32 Å². The Kier molecular flexibility index (Phi) is 3.85. The molecule has 0 fully saturated rings. The molecule has 0 aliphatic carbocycles. The quantitative estimate of drug-likeness (QED) is 0.799. The maximum absolute atomic E-state index is 11.9. The molecule has 8 heteroatoms. The van der Waals surface area contributed by atoms with Gasteiger partial charge in [-0.3, -0.25) is 4.79 Å². The minimum absolute atomic E-state index is 0.120. The Labute approximate surface area is 129 Å². The van der Waals surface area contributed by atoms with E-state index in [1.165, 1.54) is 11.3 Å². The van der Waals surface area contributed by atoms with Crippen LogP contribution in [0.25, 0.3) is 4.96 Å². The fourth-order valence-electron chi connectivity index (χ4n) is 1.84. The smallest absolute Gasteiger partial charge is 0.251 e. The second-order valence-corrected chi connectivity index (χ2v) is 5.93. The summed E-state index contributed by atoms with van der Waals surface area (Å²) in [4.78, 5) is 12.7. The van der Waals surface area contributed by atoms with E-state index in [4.69, 9.17) is 11.6 Å². The Bertz CT molecular complexity index is 780. The zero-order valence-corrected chi connectivity index (χ0v) is 12.8. The number of hydrogen-bond acceptors (Lipinski definition) is 5. The Hall–Kier alpha value is -1.99. The van der Waals surface area contributed by atoms with Crippen LogP contribution in [-0.4, -0.2) is 32.3 Å². The van der Waals surface area contributed by atoms with E-state index in [0.717, 1.165) is 15.8 Å². The Morgan fingerprint density at radius 2 is 2.10 bits per heavy atom. The average Bonchev–Trinajstić information content (AvgIpc) is 3.02. The molecule has 0 aliphatic heterocycles. The van der Waals surface area contributed by atoms with Gasteiger partial charge >= 0.3 is 0 Å². The van der Waals surface area contributed by atoms with Gasteiger partial charge in [-0.05, 0) is 31.2 Å². The van der Waals surface area contributed by atoms with Crippen molar-refractivity contribution in [2.75, 3.05) is 6.54 Å². The lowest BCUT2D eigenvalue weighted by Crippen LogP contribution is -2.25. The fourth-order valence-corrected chi connectivity index (χ4v) is 2.85. The van der Waals surface area contributed by atoms with Gasteiger partial charge in [0.2, 0.25) is 4.96 Å². The largest absolute Gasteiger partial charge is 0.352 e. The van der Waals surface area contributed by atoms with E-state index in [-0.39, 0.29) is 5.91 Å². The molecule has 0 spiro atoms. The van der Waals surface area contributed by atoms with E-state index in [0.29, 0.717) is 23.6 Å². The van der Waals surface area contributed by atoms with Gasteiger partial charge in [-0.25, -0.2) is 0 Å². The summed E-state index contributed by atoms with van der Waals surface area (Å²) in [6.45, 7) is 2.37. The van der Waals surface area contributed by atoms with Crippen LogP contribution in [-0.2, 0) is 6.42 Å². The number of fused-ring (bicyclic) bond motifs is 1. The van der Waals surface area contributed by atoms with Crippen LogP contribution in [0.3, 0.4) is 0 Å². The second kappa shape index (κ2) is 5.79. The molecular formula is C13H12ClN5OS. The number of carbonyl (C=O) groups is 1. The predicted molar refractivity (Wildman–Crippen MR) is 80.9 cm³/mol. The van der Waals surface area contributed by atoms with Gasteiger partial charge in [0.25, 0.3) is 5.91 Å². The Balaban J connectivity index is 1.58. The number of aromatic nitrogens is 4. The van der Waals surface area contributed by atoms with E-state index < -0.39 is 0 Å². The molecule has 0 radical (unpaired) electrons. The van der Waals surface area contributed by atoms with Crippen molar-refractivity contribution in [2.24, 2.45) is 0 Å². The van der Waals surface area contributed by atoms with Crippen molar-refractivity contribution in [3.63, 3.8) is 0 Å². The number of hydrogen-bond donors (Lipinski definition) is 1. The number of carbonyl (C=O) groups excluding carboxylic acids is 1. The van der Waals surface area contributed by atoms with Crippen molar-refractivity contribution >= 4 is 33.8 Å².